The van der Waals surface area contributed by atoms with E-state index < -0.39 is 0 Å². The van der Waals surface area contributed by atoms with Crippen LogP contribution < -0.4 is 10.1 Å². The molecule has 7 heteroatoms. The van der Waals surface area contributed by atoms with Gasteiger partial charge in [0.15, 0.2) is 5.96 Å². The van der Waals surface area contributed by atoms with Crippen molar-refractivity contribution in [1.82, 2.24) is 10.2 Å². The third-order valence-corrected chi connectivity index (χ3v) is 7.21. The van der Waals surface area contributed by atoms with E-state index in [4.69, 9.17) is 30.8 Å². The normalized spacial score (nSPS) is 26.4. The monoisotopic (exact) mass is 435 g/mol. The molecule has 3 aliphatic rings. The van der Waals surface area contributed by atoms with Crippen LogP contribution in [0.2, 0.25) is 5.02 Å². The second-order valence-electron chi connectivity index (χ2n) is 8.88. The molecular formula is C23H34ClN3O3. The molecule has 3 heterocycles. The van der Waals surface area contributed by atoms with E-state index in [2.05, 4.69) is 23.2 Å². The lowest BCUT2D eigenvalue weighted by Gasteiger charge is -2.38. The van der Waals surface area contributed by atoms with E-state index in [-0.39, 0.29) is 5.41 Å². The Morgan fingerprint density at radius 1 is 1.20 bits per heavy atom. The summed E-state index contributed by atoms with van der Waals surface area (Å²) in [7, 11) is 1.72. The van der Waals surface area contributed by atoms with Gasteiger partial charge in [0.25, 0.3) is 0 Å². The van der Waals surface area contributed by atoms with Crippen LogP contribution in [0.3, 0.4) is 0 Å². The SMILES string of the molecule is CCNC(=NCC1(c2cc(Cl)ccc2OC)CCOCC1)N1CCC2(CCOC2)C1. The highest BCUT2D eigenvalue weighted by Crippen LogP contribution is 2.42. The maximum atomic E-state index is 6.39. The molecule has 0 aromatic heterocycles. The van der Waals surface area contributed by atoms with Gasteiger partial charge in [-0.1, -0.05) is 11.6 Å². The first-order valence-electron chi connectivity index (χ1n) is 11.1. The smallest absolute Gasteiger partial charge is 0.193 e. The molecule has 1 aromatic rings. The van der Waals surface area contributed by atoms with Crippen LogP contribution in [0.15, 0.2) is 23.2 Å². The van der Waals surface area contributed by atoms with Crippen molar-refractivity contribution in [1.29, 1.82) is 0 Å². The zero-order valence-corrected chi connectivity index (χ0v) is 19.0. The Morgan fingerprint density at radius 2 is 2.00 bits per heavy atom. The minimum atomic E-state index is -0.136. The fourth-order valence-corrected chi connectivity index (χ4v) is 5.28. The van der Waals surface area contributed by atoms with E-state index >= 15 is 0 Å². The van der Waals surface area contributed by atoms with Gasteiger partial charge in [-0.3, -0.25) is 4.99 Å². The lowest BCUT2D eigenvalue weighted by atomic mass is 9.73. The molecule has 4 rings (SSSR count). The first kappa shape index (κ1) is 21.7. The van der Waals surface area contributed by atoms with E-state index in [9.17, 15) is 0 Å². The van der Waals surface area contributed by atoms with Crippen LogP contribution in [0.5, 0.6) is 5.75 Å². The van der Waals surface area contributed by atoms with Crippen molar-refractivity contribution in [3.63, 3.8) is 0 Å². The molecule has 0 saturated carbocycles. The number of guanidine groups is 1. The summed E-state index contributed by atoms with van der Waals surface area (Å²) in [6.45, 7) is 8.96. The average Bonchev–Trinajstić information content (AvgIpc) is 3.41. The minimum Gasteiger partial charge on any atom is -0.496 e. The maximum Gasteiger partial charge on any atom is 0.193 e. The molecule has 30 heavy (non-hydrogen) atoms. The Balaban J connectivity index is 1.60. The number of nitrogens with zero attached hydrogens (tertiary/aromatic N) is 2. The van der Waals surface area contributed by atoms with Gasteiger partial charge in [-0.2, -0.15) is 0 Å². The lowest BCUT2D eigenvalue weighted by molar-refractivity contribution is 0.0522. The highest BCUT2D eigenvalue weighted by atomic mass is 35.5. The molecule has 166 valence electrons. The van der Waals surface area contributed by atoms with Crippen molar-refractivity contribution in [2.75, 3.05) is 59.7 Å². The van der Waals surface area contributed by atoms with Crippen molar-refractivity contribution in [2.45, 2.75) is 38.0 Å². The highest BCUT2D eigenvalue weighted by molar-refractivity contribution is 6.30. The number of likely N-dealkylation sites (tertiary alicyclic amines) is 1. The van der Waals surface area contributed by atoms with Crippen LogP contribution in [-0.2, 0) is 14.9 Å². The van der Waals surface area contributed by atoms with Crippen LogP contribution in [-0.4, -0.2) is 70.6 Å². The largest absolute Gasteiger partial charge is 0.496 e. The maximum absolute atomic E-state index is 6.39. The highest BCUT2D eigenvalue weighted by Gasteiger charge is 2.43. The van der Waals surface area contributed by atoms with Gasteiger partial charge >= 0.3 is 0 Å². The van der Waals surface area contributed by atoms with E-state index in [0.717, 1.165) is 87.6 Å². The molecule has 0 amide bonds. The second-order valence-corrected chi connectivity index (χ2v) is 9.32. The number of halogens is 1. The molecule has 0 bridgehead atoms. The molecule has 3 fully saturated rings. The number of benzene rings is 1. The third kappa shape index (κ3) is 4.41. The standard InChI is InChI=1S/C23H34ClN3O3/c1-3-25-21(27-10-6-22(16-27)7-11-30-17-22)26-15-23(8-12-29-13-9-23)19-14-18(24)4-5-20(19)28-2/h4-5,14H,3,6-13,15-17H2,1-2H3,(H,25,26). The van der Waals surface area contributed by atoms with Gasteiger partial charge in [-0.05, 0) is 50.8 Å². The summed E-state index contributed by atoms with van der Waals surface area (Å²) in [5.74, 6) is 1.89. The van der Waals surface area contributed by atoms with Gasteiger partial charge in [-0.25, -0.2) is 0 Å². The second kappa shape index (κ2) is 9.33. The van der Waals surface area contributed by atoms with Crippen LogP contribution in [0.25, 0.3) is 0 Å². The predicted molar refractivity (Wildman–Crippen MR) is 120 cm³/mol. The van der Waals surface area contributed by atoms with Gasteiger partial charge in [0, 0.05) is 60.9 Å². The molecule has 1 atom stereocenters. The molecule has 1 unspecified atom stereocenters. The van der Waals surface area contributed by atoms with Gasteiger partial charge in [0.2, 0.25) is 0 Å². The molecule has 3 saturated heterocycles. The number of hydrogen-bond donors (Lipinski definition) is 1. The number of hydrogen-bond acceptors (Lipinski definition) is 4. The third-order valence-electron chi connectivity index (χ3n) is 6.97. The van der Waals surface area contributed by atoms with Crippen LogP contribution >= 0.6 is 11.6 Å². The van der Waals surface area contributed by atoms with Crippen LogP contribution in [0.1, 0.15) is 38.2 Å². The summed E-state index contributed by atoms with van der Waals surface area (Å²) in [5.41, 5.74) is 1.31. The summed E-state index contributed by atoms with van der Waals surface area (Å²) >= 11 is 6.39. The first-order valence-corrected chi connectivity index (χ1v) is 11.5. The molecule has 1 spiro atoms. The summed E-state index contributed by atoms with van der Waals surface area (Å²) in [5, 5.41) is 4.26. The predicted octanol–water partition coefficient (Wildman–Crippen LogP) is 3.47. The Bertz CT molecular complexity index is 758. The molecule has 3 aliphatic heterocycles. The van der Waals surface area contributed by atoms with Crippen molar-refractivity contribution in [2.24, 2.45) is 10.4 Å². The zero-order valence-electron chi connectivity index (χ0n) is 18.2. The van der Waals surface area contributed by atoms with Gasteiger partial charge in [0.05, 0.1) is 20.3 Å². The quantitative estimate of drug-likeness (QED) is 0.567. The fourth-order valence-electron chi connectivity index (χ4n) is 5.11. The van der Waals surface area contributed by atoms with Crippen molar-refractivity contribution >= 4 is 17.6 Å². The number of methoxy groups -OCH3 is 1. The number of rotatable bonds is 5. The molecule has 1 aromatic carbocycles. The number of nitrogens with one attached hydrogen (secondary N) is 1. The molecule has 0 aliphatic carbocycles. The van der Waals surface area contributed by atoms with E-state index in [1.54, 1.807) is 7.11 Å². The minimum absolute atomic E-state index is 0.136. The first-order chi connectivity index (χ1) is 14.6. The Kier molecular flexibility index (Phi) is 6.75. The Hall–Kier alpha value is -1.50. The number of aliphatic imine (C=N–C) groups is 1. The van der Waals surface area contributed by atoms with Crippen molar-refractivity contribution < 1.29 is 14.2 Å². The van der Waals surface area contributed by atoms with E-state index in [0.29, 0.717) is 12.0 Å². The summed E-state index contributed by atoms with van der Waals surface area (Å²) in [6.07, 6.45) is 4.15. The van der Waals surface area contributed by atoms with Gasteiger partial charge < -0.3 is 24.4 Å². The van der Waals surface area contributed by atoms with Gasteiger partial charge in [0.1, 0.15) is 5.75 Å². The summed E-state index contributed by atoms with van der Waals surface area (Å²) < 4.78 is 17.1. The Labute approximate surface area is 184 Å². The Morgan fingerprint density at radius 3 is 2.70 bits per heavy atom. The average molecular weight is 436 g/mol. The fraction of sp³-hybridized carbons (Fsp3) is 0.696. The molecule has 1 N–H and O–H groups in total. The zero-order chi connectivity index (χ0) is 21.0. The van der Waals surface area contributed by atoms with E-state index in [1.807, 2.05) is 12.1 Å². The molecule has 0 radical (unpaired) electrons. The molecular weight excluding hydrogens is 402 g/mol. The van der Waals surface area contributed by atoms with Crippen LogP contribution in [0.4, 0.5) is 0 Å². The topological polar surface area (TPSA) is 55.3 Å². The summed E-state index contributed by atoms with van der Waals surface area (Å²) in [6, 6.07) is 5.90. The lowest BCUT2D eigenvalue weighted by Crippen LogP contribution is -2.43. The molecule has 6 nitrogen and oxygen atoms in total. The van der Waals surface area contributed by atoms with Crippen LogP contribution in [0, 0.1) is 5.41 Å². The number of ether oxygens (including phenoxy) is 3. The van der Waals surface area contributed by atoms with Crippen molar-refractivity contribution in [3.8, 4) is 5.75 Å². The van der Waals surface area contributed by atoms with Gasteiger partial charge in [-0.15, -0.1) is 0 Å². The van der Waals surface area contributed by atoms with E-state index in [1.165, 1.54) is 6.42 Å². The summed E-state index contributed by atoms with van der Waals surface area (Å²) in [4.78, 5) is 7.58. The van der Waals surface area contributed by atoms with Crippen molar-refractivity contribution in [3.05, 3.63) is 28.8 Å².